The molecule has 0 spiro atoms. The highest BCUT2D eigenvalue weighted by atomic mass is 16.5. The predicted octanol–water partition coefficient (Wildman–Crippen LogP) is 7.47. The minimum Gasteiger partial charge on any atom is -0.496 e. The zero-order valence-corrected chi connectivity index (χ0v) is 21.1. The van der Waals surface area contributed by atoms with Gasteiger partial charge in [-0.3, -0.25) is 4.79 Å². The average molecular weight is 470 g/mol. The lowest BCUT2D eigenvalue weighted by Gasteiger charge is -2.14. The van der Waals surface area contributed by atoms with E-state index in [1.807, 2.05) is 45.0 Å². The molecule has 1 heterocycles. The van der Waals surface area contributed by atoms with Crippen LogP contribution < -0.4 is 14.8 Å². The maximum absolute atomic E-state index is 12.8. The van der Waals surface area contributed by atoms with Gasteiger partial charge in [0.05, 0.1) is 20.0 Å². The first-order chi connectivity index (χ1) is 16.8. The number of hydrogen-bond acceptors (Lipinski definition) is 4. The maximum atomic E-state index is 12.8. The first kappa shape index (κ1) is 24.1. The van der Waals surface area contributed by atoms with Crippen LogP contribution in [-0.2, 0) is 4.79 Å². The zero-order chi connectivity index (χ0) is 25.1. The number of allylic oxidation sites excluding steroid dienone is 1. The first-order valence-corrected chi connectivity index (χ1v) is 11.7. The van der Waals surface area contributed by atoms with Crippen LogP contribution in [0.25, 0.3) is 27.7 Å². The topological polar surface area (TPSA) is 60.7 Å². The minimum absolute atomic E-state index is 0.215. The molecule has 0 aliphatic heterocycles. The van der Waals surface area contributed by atoms with Gasteiger partial charge in [0, 0.05) is 33.8 Å². The molecule has 0 radical (unpaired) electrons. The number of nitrogens with one attached hydrogen (secondary N) is 1. The lowest BCUT2D eigenvalue weighted by Crippen LogP contribution is -2.08. The Morgan fingerprint density at radius 2 is 1.77 bits per heavy atom. The summed E-state index contributed by atoms with van der Waals surface area (Å²) in [4.78, 5) is 12.8. The molecule has 0 saturated heterocycles. The molecule has 5 nitrogen and oxygen atoms in total. The number of ether oxygens (including phenoxy) is 2. The molecule has 0 unspecified atom stereocenters. The van der Waals surface area contributed by atoms with Gasteiger partial charge >= 0.3 is 0 Å². The lowest BCUT2D eigenvalue weighted by molar-refractivity contribution is -0.111. The van der Waals surface area contributed by atoms with Crippen molar-refractivity contribution in [1.29, 1.82) is 0 Å². The number of hydrogen-bond donors (Lipinski definition) is 1. The van der Waals surface area contributed by atoms with Crippen LogP contribution in [0, 0.1) is 20.8 Å². The molecule has 0 aliphatic carbocycles. The van der Waals surface area contributed by atoms with Gasteiger partial charge in [-0.15, -0.1) is 0 Å². The van der Waals surface area contributed by atoms with E-state index in [0.717, 1.165) is 44.5 Å². The molecule has 0 bridgehead atoms. The molecule has 5 heteroatoms. The Morgan fingerprint density at radius 1 is 1.03 bits per heavy atom. The van der Waals surface area contributed by atoms with Gasteiger partial charge in [-0.2, -0.15) is 0 Å². The van der Waals surface area contributed by atoms with Crippen molar-refractivity contribution in [3.05, 3.63) is 83.1 Å². The van der Waals surface area contributed by atoms with E-state index in [9.17, 15) is 4.79 Å². The fourth-order valence-electron chi connectivity index (χ4n) is 4.45. The standard InChI is InChI=1S/C30H31NO4/c1-7-34-23-11-9-22(10-12-23)31-28(32)15-20(4)25-16-26-27(24-13-8-18(2)14-19(24)3)17-35-30(26)21(5)29(25)33-6/h8-17H,7H2,1-6H3,(H,31,32)/b20-15+. The highest BCUT2D eigenvalue weighted by Crippen LogP contribution is 2.41. The molecule has 1 N–H and O–H groups in total. The summed E-state index contributed by atoms with van der Waals surface area (Å²) in [5.41, 5.74) is 8.58. The van der Waals surface area contributed by atoms with Crippen molar-refractivity contribution in [3.63, 3.8) is 0 Å². The summed E-state index contributed by atoms with van der Waals surface area (Å²) < 4.78 is 17.2. The Kier molecular flexibility index (Phi) is 6.97. The lowest BCUT2D eigenvalue weighted by atomic mass is 9.94. The number of amides is 1. The van der Waals surface area contributed by atoms with E-state index >= 15 is 0 Å². The number of methoxy groups -OCH3 is 1. The van der Waals surface area contributed by atoms with Gasteiger partial charge in [0.1, 0.15) is 17.1 Å². The SMILES string of the molecule is CCOc1ccc(NC(=O)/C=C(\C)c2cc3c(-c4ccc(C)cc4C)coc3c(C)c2OC)cc1. The van der Waals surface area contributed by atoms with E-state index < -0.39 is 0 Å². The van der Waals surface area contributed by atoms with Crippen molar-refractivity contribution in [1.82, 2.24) is 0 Å². The highest BCUT2D eigenvalue weighted by Gasteiger charge is 2.19. The normalized spacial score (nSPS) is 11.5. The zero-order valence-electron chi connectivity index (χ0n) is 21.1. The van der Waals surface area contributed by atoms with Crippen molar-refractivity contribution < 1.29 is 18.7 Å². The average Bonchev–Trinajstić information content (AvgIpc) is 3.24. The molecule has 0 fully saturated rings. The van der Waals surface area contributed by atoms with Gasteiger partial charge in [-0.25, -0.2) is 0 Å². The molecule has 4 aromatic rings. The van der Waals surface area contributed by atoms with E-state index in [0.29, 0.717) is 18.0 Å². The van der Waals surface area contributed by atoms with Crippen LogP contribution in [-0.4, -0.2) is 19.6 Å². The third-order valence-electron chi connectivity index (χ3n) is 6.13. The second-order valence-corrected chi connectivity index (χ2v) is 8.70. The maximum Gasteiger partial charge on any atom is 0.248 e. The summed E-state index contributed by atoms with van der Waals surface area (Å²) in [5, 5.41) is 3.91. The molecule has 1 aromatic heterocycles. The van der Waals surface area contributed by atoms with Crippen molar-refractivity contribution in [2.45, 2.75) is 34.6 Å². The van der Waals surface area contributed by atoms with Crippen LogP contribution >= 0.6 is 0 Å². The largest absolute Gasteiger partial charge is 0.496 e. The van der Waals surface area contributed by atoms with E-state index in [1.54, 1.807) is 19.4 Å². The number of benzene rings is 3. The quantitative estimate of drug-likeness (QED) is 0.285. The van der Waals surface area contributed by atoms with Crippen molar-refractivity contribution in [2.75, 3.05) is 19.0 Å². The van der Waals surface area contributed by atoms with Gasteiger partial charge in [0.25, 0.3) is 0 Å². The molecule has 1 amide bonds. The Bertz CT molecular complexity index is 1410. The van der Waals surface area contributed by atoms with Crippen LogP contribution in [0.1, 0.15) is 36.1 Å². The van der Waals surface area contributed by atoms with Crippen molar-refractivity contribution in [2.24, 2.45) is 0 Å². The van der Waals surface area contributed by atoms with E-state index in [1.165, 1.54) is 11.1 Å². The Balaban J connectivity index is 1.71. The summed E-state index contributed by atoms with van der Waals surface area (Å²) >= 11 is 0. The molecule has 0 saturated carbocycles. The number of rotatable bonds is 7. The van der Waals surface area contributed by atoms with Crippen LogP contribution in [0.4, 0.5) is 5.69 Å². The number of carbonyl (C=O) groups is 1. The van der Waals surface area contributed by atoms with Gasteiger partial charge < -0.3 is 19.2 Å². The van der Waals surface area contributed by atoms with Crippen LogP contribution in [0.15, 0.2) is 65.3 Å². The fourth-order valence-corrected chi connectivity index (χ4v) is 4.45. The van der Waals surface area contributed by atoms with E-state index in [4.69, 9.17) is 13.9 Å². The summed E-state index contributed by atoms with van der Waals surface area (Å²) in [7, 11) is 1.64. The van der Waals surface area contributed by atoms with Crippen molar-refractivity contribution in [3.8, 4) is 22.6 Å². The van der Waals surface area contributed by atoms with Gasteiger partial charge in [-0.1, -0.05) is 23.8 Å². The third kappa shape index (κ3) is 4.94. The molecular weight excluding hydrogens is 438 g/mol. The van der Waals surface area contributed by atoms with Gasteiger partial charge in [0.2, 0.25) is 5.91 Å². The molecule has 35 heavy (non-hydrogen) atoms. The number of fused-ring (bicyclic) bond motifs is 1. The van der Waals surface area contributed by atoms with Crippen LogP contribution in [0.5, 0.6) is 11.5 Å². The number of anilines is 1. The Labute approximate surface area is 206 Å². The number of aryl methyl sites for hydroxylation is 3. The minimum atomic E-state index is -0.215. The van der Waals surface area contributed by atoms with Crippen LogP contribution in [0.2, 0.25) is 0 Å². The summed E-state index contributed by atoms with van der Waals surface area (Å²) in [6.07, 6.45) is 3.40. The molecule has 3 aromatic carbocycles. The summed E-state index contributed by atoms with van der Waals surface area (Å²) in [6, 6.07) is 15.8. The highest BCUT2D eigenvalue weighted by molar-refractivity contribution is 6.06. The van der Waals surface area contributed by atoms with Crippen molar-refractivity contribution >= 4 is 28.1 Å². The second kappa shape index (κ2) is 10.1. The number of carbonyl (C=O) groups excluding carboxylic acids is 1. The smallest absolute Gasteiger partial charge is 0.248 e. The third-order valence-corrected chi connectivity index (χ3v) is 6.13. The summed E-state index contributed by atoms with van der Waals surface area (Å²) in [5.74, 6) is 1.25. The number of furan rings is 1. The Morgan fingerprint density at radius 3 is 2.43 bits per heavy atom. The van der Waals surface area contributed by atoms with E-state index in [-0.39, 0.29) is 5.91 Å². The second-order valence-electron chi connectivity index (χ2n) is 8.70. The van der Waals surface area contributed by atoms with Crippen LogP contribution in [0.3, 0.4) is 0 Å². The molecule has 0 aliphatic rings. The monoisotopic (exact) mass is 469 g/mol. The van der Waals surface area contributed by atoms with Gasteiger partial charge in [-0.05, 0) is 81.7 Å². The molecular formula is C30H31NO4. The Hall–Kier alpha value is -3.99. The summed E-state index contributed by atoms with van der Waals surface area (Å²) in [6.45, 7) is 10.6. The van der Waals surface area contributed by atoms with Gasteiger partial charge in [0.15, 0.2) is 0 Å². The van der Waals surface area contributed by atoms with E-state index in [2.05, 4.69) is 43.4 Å². The predicted molar refractivity (Wildman–Crippen MR) is 142 cm³/mol. The molecule has 180 valence electrons. The molecule has 0 atom stereocenters. The first-order valence-electron chi connectivity index (χ1n) is 11.7. The molecule has 4 rings (SSSR count). The fraction of sp³-hybridized carbons (Fsp3) is 0.233.